The van der Waals surface area contributed by atoms with Gasteiger partial charge in [-0.25, -0.2) is 4.98 Å². The Kier molecular flexibility index (Phi) is 4.87. The molecular formula is C20H18ClN5OS. The predicted octanol–water partition coefficient (Wildman–Crippen LogP) is 4.54. The normalized spacial score (nSPS) is 11.1. The predicted molar refractivity (Wildman–Crippen MR) is 112 cm³/mol. The van der Waals surface area contributed by atoms with Gasteiger partial charge in [-0.3, -0.25) is 19.4 Å². The number of thiazole rings is 1. The van der Waals surface area contributed by atoms with E-state index in [4.69, 9.17) is 16.6 Å². The zero-order valence-corrected chi connectivity index (χ0v) is 17.3. The van der Waals surface area contributed by atoms with E-state index >= 15 is 0 Å². The summed E-state index contributed by atoms with van der Waals surface area (Å²) in [5, 5.41) is 5.60. The molecule has 0 saturated carbocycles. The molecule has 1 amide bonds. The van der Waals surface area contributed by atoms with Gasteiger partial charge in [-0.05, 0) is 43.7 Å². The monoisotopic (exact) mass is 411 g/mol. The first-order valence-electron chi connectivity index (χ1n) is 8.71. The lowest BCUT2D eigenvalue weighted by molar-refractivity contribution is 0.0978. The Labute approximate surface area is 171 Å². The number of nitrogens with zero attached hydrogens (tertiary/aromatic N) is 5. The quantitative estimate of drug-likeness (QED) is 0.494. The first-order chi connectivity index (χ1) is 13.4. The van der Waals surface area contributed by atoms with Crippen molar-refractivity contribution in [3.05, 3.63) is 70.3 Å². The van der Waals surface area contributed by atoms with Crippen LogP contribution in [0.15, 0.2) is 42.7 Å². The molecule has 4 rings (SSSR count). The number of carbonyl (C=O) groups is 1. The number of anilines is 1. The smallest absolute Gasteiger partial charge is 0.276 e. The van der Waals surface area contributed by atoms with E-state index in [1.807, 2.05) is 50.4 Å². The second-order valence-corrected chi connectivity index (χ2v) is 7.98. The molecule has 3 heterocycles. The summed E-state index contributed by atoms with van der Waals surface area (Å²) in [5.74, 6) is -0.202. The van der Waals surface area contributed by atoms with Crippen LogP contribution in [-0.4, -0.2) is 25.7 Å². The number of hydrogen-bond donors (Lipinski definition) is 0. The Bertz CT molecular complexity index is 1170. The van der Waals surface area contributed by atoms with Gasteiger partial charge in [0.1, 0.15) is 0 Å². The lowest BCUT2D eigenvalue weighted by atomic mass is 10.2. The third kappa shape index (κ3) is 3.39. The molecule has 0 N–H and O–H groups in total. The van der Waals surface area contributed by atoms with Crippen LogP contribution in [-0.2, 0) is 13.6 Å². The van der Waals surface area contributed by atoms with Crippen molar-refractivity contribution in [1.29, 1.82) is 0 Å². The number of amides is 1. The highest BCUT2D eigenvalue weighted by Gasteiger charge is 2.26. The number of aromatic nitrogens is 4. The molecular weight excluding hydrogens is 394 g/mol. The van der Waals surface area contributed by atoms with Gasteiger partial charge in [-0.1, -0.05) is 29.0 Å². The number of halogens is 1. The molecule has 0 fully saturated rings. The van der Waals surface area contributed by atoms with E-state index in [1.165, 1.54) is 11.3 Å². The minimum atomic E-state index is -0.202. The second kappa shape index (κ2) is 7.33. The summed E-state index contributed by atoms with van der Waals surface area (Å²) >= 11 is 7.71. The molecule has 0 aliphatic heterocycles. The standard InChI is InChI=1S/C20H18ClN5OS/c1-12-10-25(3)24-17(12)19(27)26(11-14-6-4-5-9-22-14)20-23-18-13(2)15(21)7-8-16(18)28-20/h4-10H,11H2,1-3H3. The van der Waals surface area contributed by atoms with Crippen LogP contribution >= 0.6 is 22.9 Å². The van der Waals surface area contributed by atoms with Crippen molar-refractivity contribution in [2.75, 3.05) is 4.90 Å². The first-order valence-corrected chi connectivity index (χ1v) is 9.91. The highest BCUT2D eigenvalue weighted by atomic mass is 35.5. The number of rotatable bonds is 4. The number of pyridine rings is 1. The Balaban J connectivity index is 1.82. The fourth-order valence-electron chi connectivity index (χ4n) is 3.03. The van der Waals surface area contributed by atoms with Crippen molar-refractivity contribution in [3.63, 3.8) is 0 Å². The van der Waals surface area contributed by atoms with Crippen molar-refractivity contribution < 1.29 is 4.79 Å². The van der Waals surface area contributed by atoms with E-state index in [1.54, 1.807) is 22.8 Å². The summed E-state index contributed by atoms with van der Waals surface area (Å²) in [4.78, 5) is 24.1. The number of aryl methyl sites for hydroxylation is 3. The lowest BCUT2D eigenvalue weighted by Crippen LogP contribution is -2.31. The third-order valence-corrected chi connectivity index (χ3v) is 5.93. The van der Waals surface area contributed by atoms with Crippen LogP contribution < -0.4 is 4.90 Å². The van der Waals surface area contributed by atoms with E-state index in [0.717, 1.165) is 27.0 Å². The average molecular weight is 412 g/mol. The molecule has 4 aromatic rings. The summed E-state index contributed by atoms with van der Waals surface area (Å²) in [6, 6.07) is 9.43. The van der Waals surface area contributed by atoms with Crippen LogP contribution in [0.5, 0.6) is 0 Å². The number of carbonyl (C=O) groups excluding carboxylic acids is 1. The van der Waals surface area contributed by atoms with Crippen molar-refractivity contribution in [2.24, 2.45) is 7.05 Å². The molecule has 0 atom stereocenters. The lowest BCUT2D eigenvalue weighted by Gasteiger charge is -2.18. The van der Waals surface area contributed by atoms with Gasteiger partial charge < -0.3 is 0 Å². The molecule has 0 unspecified atom stereocenters. The Morgan fingerprint density at radius 3 is 2.75 bits per heavy atom. The van der Waals surface area contributed by atoms with Crippen molar-refractivity contribution in [3.8, 4) is 0 Å². The molecule has 28 heavy (non-hydrogen) atoms. The van der Waals surface area contributed by atoms with E-state index in [9.17, 15) is 4.79 Å². The van der Waals surface area contributed by atoms with Crippen molar-refractivity contribution in [2.45, 2.75) is 20.4 Å². The van der Waals surface area contributed by atoms with Crippen molar-refractivity contribution in [1.82, 2.24) is 19.7 Å². The Hall–Kier alpha value is -2.77. The minimum absolute atomic E-state index is 0.202. The van der Waals surface area contributed by atoms with E-state index in [2.05, 4.69) is 10.1 Å². The molecule has 6 nitrogen and oxygen atoms in total. The Morgan fingerprint density at radius 2 is 2.07 bits per heavy atom. The summed E-state index contributed by atoms with van der Waals surface area (Å²) in [5.41, 5.74) is 3.72. The van der Waals surface area contributed by atoms with E-state index in [0.29, 0.717) is 22.4 Å². The van der Waals surface area contributed by atoms with Crippen LogP contribution in [0.25, 0.3) is 10.2 Å². The fraction of sp³-hybridized carbons (Fsp3) is 0.200. The molecule has 3 aromatic heterocycles. The summed E-state index contributed by atoms with van der Waals surface area (Å²) in [7, 11) is 1.80. The maximum atomic E-state index is 13.4. The molecule has 142 valence electrons. The zero-order chi connectivity index (χ0) is 19.8. The molecule has 8 heteroatoms. The largest absolute Gasteiger partial charge is 0.281 e. The van der Waals surface area contributed by atoms with Crippen LogP contribution in [0.4, 0.5) is 5.13 Å². The van der Waals surface area contributed by atoms with Crippen molar-refractivity contribution >= 4 is 44.2 Å². The van der Waals surface area contributed by atoms with Gasteiger partial charge in [0, 0.05) is 30.0 Å². The first kappa shape index (κ1) is 18.6. The number of fused-ring (bicyclic) bond motifs is 1. The summed E-state index contributed by atoms with van der Waals surface area (Å²) in [6.45, 7) is 4.12. The molecule has 0 radical (unpaired) electrons. The number of benzene rings is 1. The summed E-state index contributed by atoms with van der Waals surface area (Å²) < 4.78 is 2.62. The van der Waals surface area contributed by atoms with Gasteiger partial charge in [0.15, 0.2) is 10.8 Å². The Morgan fingerprint density at radius 1 is 1.25 bits per heavy atom. The molecule has 1 aromatic carbocycles. The zero-order valence-electron chi connectivity index (χ0n) is 15.7. The van der Waals surface area contributed by atoms with Gasteiger partial charge in [0.2, 0.25) is 0 Å². The number of hydrogen-bond acceptors (Lipinski definition) is 5. The fourth-order valence-corrected chi connectivity index (χ4v) is 4.21. The molecule has 0 spiro atoms. The highest BCUT2D eigenvalue weighted by molar-refractivity contribution is 7.22. The van der Waals surface area contributed by atoms with Crippen LogP contribution in [0, 0.1) is 13.8 Å². The van der Waals surface area contributed by atoms with Gasteiger partial charge in [0.25, 0.3) is 5.91 Å². The maximum Gasteiger partial charge on any atom is 0.281 e. The minimum Gasteiger partial charge on any atom is -0.276 e. The highest BCUT2D eigenvalue weighted by Crippen LogP contribution is 2.34. The summed E-state index contributed by atoms with van der Waals surface area (Å²) in [6.07, 6.45) is 3.54. The van der Waals surface area contributed by atoms with Crippen LogP contribution in [0.1, 0.15) is 27.3 Å². The second-order valence-electron chi connectivity index (χ2n) is 6.56. The third-order valence-electron chi connectivity index (χ3n) is 4.47. The van der Waals surface area contributed by atoms with Crippen LogP contribution in [0.3, 0.4) is 0 Å². The molecule has 0 saturated heterocycles. The van der Waals surface area contributed by atoms with Gasteiger partial charge in [0.05, 0.1) is 22.5 Å². The van der Waals surface area contributed by atoms with Gasteiger partial charge in [-0.15, -0.1) is 0 Å². The SMILES string of the molecule is Cc1cn(C)nc1C(=O)N(Cc1ccccn1)c1nc2c(C)c(Cl)ccc2s1. The van der Waals surface area contributed by atoms with E-state index in [-0.39, 0.29) is 5.91 Å². The molecule has 0 aliphatic rings. The van der Waals surface area contributed by atoms with Gasteiger partial charge >= 0.3 is 0 Å². The van der Waals surface area contributed by atoms with Crippen LogP contribution in [0.2, 0.25) is 5.02 Å². The van der Waals surface area contributed by atoms with Gasteiger partial charge in [-0.2, -0.15) is 5.10 Å². The average Bonchev–Trinajstić information content (AvgIpc) is 3.26. The van der Waals surface area contributed by atoms with E-state index < -0.39 is 0 Å². The molecule has 0 bridgehead atoms. The topological polar surface area (TPSA) is 63.9 Å². The molecule has 0 aliphatic carbocycles. The maximum absolute atomic E-state index is 13.4.